The molecule has 350 valence electrons. The highest BCUT2D eigenvalue weighted by Crippen LogP contribution is 2.45. The molecule has 10 heteroatoms. The summed E-state index contributed by atoms with van der Waals surface area (Å²) in [6.45, 7) is 29.9. The maximum atomic E-state index is 13.7. The quantitative estimate of drug-likeness (QED) is 0.0355. The number of Topliss-reactive ketones (excluding diaryl/α,β-unsaturated/α-hetero) is 1. The van der Waals surface area contributed by atoms with Gasteiger partial charge in [-0.05, 0) is 109 Å². The van der Waals surface area contributed by atoms with Gasteiger partial charge in [-0.3, -0.25) is 4.79 Å². The molecule has 0 fully saturated rings. The van der Waals surface area contributed by atoms with Gasteiger partial charge in [0.05, 0.1) is 59.0 Å². The molecular formula is C52H84O9Si. The number of hydrogen-bond acceptors (Lipinski definition) is 9. The third kappa shape index (κ3) is 17.4. The van der Waals surface area contributed by atoms with Crippen LogP contribution in [0, 0.1) is 23.7 Å². The lowest BCUT2D eigenvalue weighted by Gasteiger charge is -2.47. The van der Waals surface area contributed by atoms with Gasteiger partial charge >= 0.3 is 5.97 Å². The predicted octanol–water partition coefficient (Wildman–Crippen LogP) is 12.2. The van der Waals surface area contributed by atoms with E-state index in [1.807, 2.05) is 50.2 Å². The number of carbonyl (C=O) groups is 2. The summed E-state index contributed by atoms with van der Waals surface area (Å²) in [4.78, 5) is 26.0. The molecule has 7 atom stereocenters. The zero-order valence-electron chi connectivity index (χ0n) is 41.1. The summed E-state index contributed by atoms with van der Waals surface area (Å²) in [6, 6.07) is 15.6. The first-order chi connectivity index (χ1) is 29.3. The zero-order chi connectivity index (χ0) is 46.6. The number of carbonyl (C=O) groups excluding carboxylic acids is 2. The van der Waals surface area contributed by atoms with Crippen molar-refractivity contribution in [1.29, 1.82) is 0 Å². The molecule has 0 amide bonds. The molecule has 0 saturated heterocycles. The Kier molecular flexibility index (Phi) is 24.6. The van der Waals surface area contributed by atoms with Gasteiger partial charge in [-0.2, -0.15) is 0 Å². The third-order valence-corrected chi connectivity index (χ3v) is 18.8. The number of esters is 1. The Bertz CT molecular complexity index is 1630. The summed E-state index contributed by atoms with van der Waals surface area (Å²) < 4.78 is 35.9. The second kappa shape index (κ2) is 27.8. The van der Waals surface area contributed by atoms with E-state index in [0.717, 1.165) is 47.5 Å². The van der Waals surface area contributed by atoms with Crippen LogP contribution in [0.15, 0.2) is 71.8 Å². The van der Waals surface area contributed by atoms with Crippen LogP contribution in [0.2, 0.25) is 16.6 Å². The minimum Gasteiger partial charge on any atom is -0.497 e. The number of ether oxygens (including phenoxy) is 5. The van der Waals surface area contributed by atoms with Crippen LogP contribution in [0.3, 0.4) is 0 Å². The van der Waals surface area contributed by atoms with Crippen molar-refractivity contribution >= 4 is 20.1 Å². The topological polar surface area (TPSA) is 110 Å². The molecule has 2 aromatic rings. The smallest absolute Gasteiger partial charge is 0.333 e. The Morgan fingerprint density at radius 3 is 1.77 bits per heavy atom. The fourth-order valence-electron chi connectivity index (χ4n) is 8.89. The van der Waals surface area contributed by atoms with E-state index < -0.39 is 26.4 Å². The van der Waals surface area contributed by atoms with E-state index in [1.54, 1.807) is 34.1 Å². The minimum absolute atomic E-state index is 0.0130. The molecule has 62 heavy (non-hydrogen) atoms. The Hall–Kier alpha value is -3.28. The highest BCUT2D eigenvalue weighted by atomic mass is 28.4. The Balaban J connectivity index is 2.11. The van der Waals surface area contributed by atoms with Gasteiger partial charge < -0.3 is 33.2 Å². The molecule has 0 aromatic heterocycles. The summed E-state index contributed by atoms with van der Waals surface area (Å²) >= 11 is 0. The number of aliphatic hydroxyl groups is 1. The number of methoxy groups -OCH3 is 2. The van der Waals surface area contributed by atoms with E-state index in [2.05, 4.69) is 80.5 Å². The summed E-state index contributed by atoms with van der Waals surface area (Å²) in [6.07, 6.45) is 5.89. The average molecular weight is 881 g/mol. The minimum atomic E-state index is -2.16. The van der Waals surface area contributed by atoms with Crippen molar-refractivity contribution in [1.82, 2.24) is 0 Å². The summed E-state index contributed by atoms with van der Waals surface area (Å²) in [7, 11) is 1.13. The summed E-state index contributed by atoms with van der Waals surface area (Å²) in [5.41, 5.74) is 4.76. The van der Waals surface area contributed by atoms with Crippen molar-refractivity contribution < 1.29 is 42.8 Å². The van der Waals surface area contributed by atoms with E-state index in [9.17, 15) is 14.7 Å². The molecule has 0 aliphatic heterocycles. The molecule has 0 spiro atoms. The average Bonchev–Trinajstić information content (AvgIpc) is 3.23. The van der Waals surface area contributed by atoms with Crippen molar-refractivity contribution in [2.45, 2.75) is 170 Å². The number of allylic oxidation sites excluding steroid dienone is 1. The van der Waals surface area contributed by atoms with Crippen LogP contribution < -0.4 is 9.47 Å². The SMILES string of the molecule is CCOC(=O)/C(C)=C/C[C@@H](OCc1ccc(OC)cc1)[C@@H](C)C(=O)C[C@H](O)/C(C)=C\[C@@H](C)CCC[C@H](C)[C@H](O[Si](C(C)C)(C(C)C)C(C)C)[C@H](C)COCc1ccc(OC)cc1. The summed E-state index contributed by atoms with van der Waals surface area (Å²) in [5.74, 6) is 1.35. The molecule has 0 radical (unpaired) electrons. The third-order valence-electron chi connectivity index (χ3n) is 12.7. The van der Waals surface area contributed by atoms with Crippen molar-refractivity contribution in [2.75, 3.05) is 27.4 Å². The second-order valence-corrected chi connectivity index (χ2v) is 24.0. The van der Waals surface area contributed by atoms with Crippen molar-refractivity contribution in [3.8, 4) is 11.5 Å². The maximum Gasteiger partial charge on any atom is 0.333 e. The largest absolute Gasteiger partial charge is 0.497 e. The first-order valence-electron chi connectivity index (χ1n) is 23.2. The van der Waals surface area contributed by atoms with Gasteiger partial charge in [-0.25, -0.2) is 4.79 Å². The molecule has 0 unspecified atom stereocenters. The van der Waals surface area contributed by atoms with Gasteiger partial charge in [-0.15, -0.1) is 0 Å². The number of hydrogen-bond donors (Lipinski definition) is 1. The number of ketones is 1. The Labute approximate surface area is 377 Å². The molecule has 0 saturated carbocycles. The van der Waals surface area contributed by atoms with Crippen LogP contribution in [0.25, 0.3) is 0 Å². The van der Waals surface area contributed by atoms with Crippen LogP contribution in [-0.4, -0.2) is 70.9 Å². The molecule has 1 N–H and O–H groups in total. The molecule has 0 aliphatic carbocycles. The lowest BCUT2D eigenvalue weighted by Crippen LogP contribution is -2.53. The molecule has 0 heterocycles. The van der Waals surface area contributed by atoms with Crippen LogP contribution in [0.1, 0.15) is 133 Å². The van der Waals surface area contributed by atoms with Gasteiger partial charge in [0.25, 0.3) is 0 Å². The predicted molar refractivity (Wildman–Crippen MR) is 255 cm³/mol. The molecule has 9 nitrogen and oxygen atoms in total. The van der Waals surface area contributed by atoms with E-state index in [0.29, 0.717) is 47.7 Å². The molecule has 2 rings (SSSR count). The van der Waals surface area contributed by atoms with E-state index >= 15 is 0 Å². The highest BCUT2D eigenvalue weighted by Gasteiger charge is 2.48. The first-order valence-corrected chi connectivity index (χ1v) is 25.3. The van der Waals surface area contributed by atoms with E-state index in [1.165, 1.54) is 0 Å². The monoisotopic (exact) mass is 881 g/mol. The fraction of sp³-hybridized carbons (Fsp3) is 0.654. The Morgan fingerprint density at radius 2 is 1.27 bits per heavy atom. The van der Waals surface area contributed by atoms with Crippen LogP contribution in [-0.2, 0) is 41.4 Å². The second-order valence-electron chi connectivity index (χ2n) is 18.6. The van der Waals surface area contributed by atoms with Crippen molar-refractivity contribution in [2.24, 2.45) is 23.7 Å². The van der Waals surface area contributed by atoms with Crippen molar-refractivity contribution in [3.05, 3.63) is 83.0 Å². The number of rotatable bonds is 30. The van der Waals surface area contributed by atoms with E-state index in [4.69, 9.17) is 28.1 Å². The van der Waals surface area contributed by atoms with Gasteiger partial charge in [0.15, 0.2) is 0 Å². The fourth-order valence-corrected chi connectivity index (χ4v) is 14.6. The highest BCUT2D eigenvalue weighted by molar-refractivity contribution is 6.77. The number of benzene rings is 2. The molecule has 0 bridgehead atoms. The normalized spacial score (nSPS) is 16.2. The van der Waals surface area contributed by atoms with Gasteiger partial charge in [0, 0.05) is 23.8 Å². The molecule has 0 aliphatic rings. The van der Waals surface area contributed by atoms with Crippen LogP contribution in [0.5, 0.6) is 11.5 Å². The molecule has 2 aromatic carbocycles. The standard InChI is InChI=1S/C52H84O9Si/c1-16-59-52(55)40(10)20-29-50(60-34-45-23-27-47(57-15)28-24-45)43(13)49(54)31-48(53)41(11)30-38(8)18-17-19-39(9)51(61-62(35(2)3,36(4)5)37(6)7)42(12)32-58-33-44-21-25-46(56-14)26-22-44/h20-28,30,35-39,42-43,48,50-51,53H,16-19,29,31-34H2,1-15H3/b40-20+,41-30-/t38-,39-,42+,43-,48-,50+,51-/m0/s1. The lowest BCUT2D eigenvalue weighted by atomic mass is 9.88. The maximum absolute atomic E-state index is 13.7. The number of aliphatic hydroxyl groups excluding tert-OH is 1. The van der Waals surface area contributed by atoms with Crippen LogP contribution >= 0.6 is 0 Å². The van der Waals surface area contributed by atoms with Gasteiger partial charge in [0.1, 0.15) is 17.3 Å². The van der Waals surface area contributed by atoms with Crippen LogP contribution in [0.4, 0.5) is 0 Å². The van der Waals surface area contributed by atoms with E-state index in [-0.39, 0.29) is 49.3 Å². The zero-order valence-corrected chi connectivity index (χ0v) is 42.1. The summed E-state index contributed by atoms with van der Waals surface area (Å²) in [5, 5.41) is 11.3. The Morgan fingerprint density at radius 1 is 0.742 bits per heavy atom. The van der Waals surface area contributed by atoms with Gasteiger partial charge in [0.2, 0.25) is 8.32 Å². The first kappa shape index (κ1) is 54.8. The molecular weight excluding hydrogens is 797 g/mol. The van der Waals surface area contributed by atoms with Gasteiger partial charge in [-0.1, -0.05) is 112 Å². The lowest BCUT2D eigenvalue weighted by molar-refractivity contribution is -0.138. The van der Waals surface area contributed by atoms with Crippen molar-refractivity contribution in [3.63, 3.8) is 0 Å².